The average molecular weight is 197 g/mol. The molecule has 1 aromatic heterocycles. The monoisotopic (exact) mass is 197 g/mol. The van der Waals surface area contributed by atoms with Crippen molar-refractivity contribution in [1.82, 2.24) is 5.32 Å². The van der Waals surface area contributed by atoms with Gasteiger partial charge in [0.1, 0.15) is 6.04 Å². The van der Waals surface area contributed by atoms with E-state index in [-0.39, 0.29) is 0 Å². The Morgan fingerprint density at radius 3 is 3.08 bits per heavy atom. The lowest BCUT2D eigenvalue weighted by atomic mass is 10.2. The number of hydrogen-bond donors (Lipinski definition) is 2. The summed E-state index contributed by atoms with van der Waals surface area (Å²) < 4.78 is 0. The molecule has 0 bridgehead atoms. The Morgan fingerprint density at radius 2 is 2.62 bits per heavy atom. The van der Waals surface area contributed by atoms with Gasteiger partial charge in [0.2, 0.25) is 0 Å². The molecule has 0 saturated carbocycles. The summed E-state index contributed by atoms with van der Waals surface area (Å²) in [5, 5.41) is 13.6. The normalized spacial score (nSPS) is 12.3. The zero-order chi connectivity index (χ0) is 9.68. The predicted molar refractivity (Wildman–Crippen MR) is 52.9 cm³/mol. The number of carboxylic acids is 1. The molecule has 13 heavy (non-hydrogen) atoms. The minimum atomic E-state index is -0.857. The van der Waals surface area contributed by atoms with Crippen LogP contribution in [0, 0.1) is 0 Å². The smallest absolute Gasteiger partial charge is 0.326 e. The van der Waals surface area contributed by atoms with Crippen molar-refractivity contribution in [2.24, 2.45) is 0 Å². The van der Waals surface area contributed by atoms with E-state index in [4.69, 9.17) is 5.11 Å². The van der Waals surface area contributed by atoms with Crippen molar-refractivity contribution in [3.63, 3.8) is 0 Å². The van der Waals surface area contributed by atoms with Crippen LogP contribution in [0.15, 0.2) is 30.2 Å². The van der Waals surface area contributed by atoms with Crippen LogP contribution in [0.4, 0.5) is 0 Å². The van der Waals surface area contributed by atoms with E-state index in [1.54, 1.807) is 12.1 Å². The molecule has 0 aliphatic carbocycles. The number of carbonyl (C=O) groups is 1. The van der Waals surface area contributed by atoms with Gasteiger partial charge < -0.3 is 5.11 Å². The zero-order valence-corrected chi connectivity index (χ0v) is 7.88. The van der Waals surface area contributed by atoms with Crippen LogP contribution in [0.1, 0.15) is 10.9 Å². The molecule has 0 spiro atoms. The summed E-state index contributed by atoms with van der Waals surface area (Å²) in [4.78, 5) is 11.6. The van der Waals surface area contributed by atoms with Gasteiger partial charge in [-0.3, -0.25) is 10.1 Å². The number of hydrogen-bond acceptors (Lipinski definition) is 3. The molecule has 1 heterocycles. The minimum Gasteiger partial charge on any atom is -0.480 e. The largest absolute Gasteiger partial charge is 0.480 e. The van der Waals surface area contributed by atoms with Gasteiger partial charge in [-0.15, -0.1) is 17.9 Å². The molecule has 1 unspecified atom stereocenters. The third-order valence-electron chi connectivity index (χ3n) is 1.54. The van der Waals surface area contributed by atoms with Crippen molar-refractivity contribution >= 4 is 17.3 Å². The predicted octanol–water partition coefficient (Wildman–Crippen LogP) is 1.65. The van der Waals surface area contributed by atoms with Crippen LogP contribution < -0.4 is 5.32 Å². The first-order valence-corrected chi connectivity index (χ1v) is 4.74. The van der Waals surface area contributed by atoms with Gasteiger partial charge >= 0.3 is 5.97 Å². The number of carboxylic acid groups (broad SMARTS) is 1. The highest BCUT2D eigenvalue weighted by atomic mass is 32.1. The Labute approximate surface area is 80.7 Å². The molecule has 1 atom stereocenters. The summed E-state index contributed by atoms with van der Waals surface area (Å²) in [5.41, 5.74) is 0. The van der Waals surface area contributed by atoms with Gasteiger partial charge in [-0.1, -0.05) is 12.1 Å². The van der Waals surface area contributed by atoms with Crippen molar-refractivity contribution in [2.45, 2.75) is 6.04 Å². The zero-order valence-electron chi connectivity index (χ0n) is 7.06. The molecule has 0 aliphatic heterocycles. The van der Waals surface area contributed by atoms with Crippen LogP contribution in [0.25, 0.3) is 0 Å². The third-order valence-corrected chi connectivity index (χ3v) is 2.48. The van der Waals surface area contributed by atoms with Crippen molar-refractivity contribution in [3.05, 3.63) is 35.0 Å². The van der Waals surface area contributed by atoms with Crippen molar-refractivity contribution in [3.8, 4) is 0 Å². The highest BCUT2D eigenvalue weighted by Gasteiger charge is 2.18. The first-order chi connectivity index (χ1) is 6.25. The molecule has 0 aliphatic rings. The van der Waals surface area contributed by atoms with E-state index in [9.17, 15) is 4.79 Å². The van der Waals surface area contributed by atoms with E-state index < -0.39 is 12.0 Å². The first kappa shape index (κ1) is 9.95. The molecule has 3 nitrogen and oxygen atoms in total. The molecule has 0 fully saturated rings. The number of rotatable bonds is 5. The Balaban J connectivity index is 2.68. The van der Waals surface area contributed by atoms with E-state index in [0.717, 1.165) is 4.88 Å². The summed E-state index contributed by atoms with van der Waals surface area (Å²) >= 11 is 1.43. The summed E-state index contributed by atoms with van der Waals surface area (Å²) in [6.07, 6.45) is 1.64. The van der Waals surface area contributed by atoms with Gasteiger partial charge in [0, 0.05) is 11.4 Å². The second-order valence-corrected chi connectivity index (χ2v) is 3.46. The Kier molecular flexibility index (Phi) is 3.67. The van der Waals surface area contributed by atoms with Crippen LogP contribution in [-0.4, -0.2) is 17.6 Å². The standard InChI is InChI=1S/C9H11NO2S/c1-2-5-10-8(9(11)12)7-4-3-6-13-7/h2-4,6,8,10H,1,5H2,(H,11,12). The summed E-state index contributed by atoms with van der Waals surface area (Å²) in [7, 11) is 0. The quantitative estimate of drug-likeness (QED) is 0.706. The number of thiophene rings is 1. The van der Waals surface area contributed by atoms with Gasteiger partial charge in [0.25, 0.3) is 0 Å². The fourth-order valence-electron chi connectivity index (χ4n) is 0.966. The van der Waals surface area contributed by atoms with Crippen LogP contribution >= 0.6 is 11.3 Å². The summed E-state index contributed by atoms with van der Waals surface area (Å²) in [6, 6.07) is 3.03. The summed E-state index contributed by atoms with van der Waals surface area (Å²) in [5.74, 6) is -0.857. The molecule has 0 saturated heterocycles. The lowest BCUT2D eigenvalue weighted by Gasteiger charge is -2.10. The highest BCUT2D eigenvalue weighted by Crippen LogP contribution is 2.18. The van der Waals surface area contributed by atoms with E-state index in [1.165, 1.54) is 11.3 Å². The Hall–Kier alpha value is -1.13. The van der Waals surface area contributed by atoms with Crippen LogP contribution in [-0.2, 0) is 4.79 Å². The number of nitrogens with one attached hydrogen (secondary N) is 1. The van der Waals surface area contributed by atoms with E-state index in [0.29, 0.717) is 6.54 Å². The molecule has 0 aromatic carbocycles. The van der Waals surface area contributed by atoms with E-state index >= 15 is 0 Å². The Bertz CT molecular complexity index is 282. The van der Waals surface area contributed by atoms with E-state index in [1.807, 2.05) is 11.4 Å². The lowest BCUT2D eigenvalue weighted by Crippen LogP contribution is -2.27. The Morgan fingerprint density at radius 1 is 1.85 bits per heavy atom. The molecule has 0 radical (unpaired) electrons. The second-order valence-electron chi connectivity index (χ2n) is 2.48. The van der Waals surface area contributed by atoms with Gasteiger partial charge in [-0.05, 0) is 11.4 Å². The van der Waals surface area contributed by atoms with Crippen LogP contribution in [0.3, 0.4) is 0 Å². The van der Waals surface area contributed by atoms with E-state index in [2.05, 4.69) is 11.9 Å². The maximum absolute atomic E-state index is 10.8. The molecule has 2 N–H and O–H groups in total. The first-order valence-electron chi connectivity index (χ1n) is 3.86. The van der Waals surface area contributed by atoms with Crippen LogP contribution in [0.2, 0.25) is 0 Å². The van der Waals surface area contributed by atoms with Crippen molar-refractivity contribution in [1.29, 1.82) is 0 Å². The number of aliphatic carboxylic acids is 1. The lowest BCUT2D eigenvalue weighted by molar-refractivity contribution is -0.139. The van der Waals surface area contributed by atoms with Crippen molar-refractivity contribution < 1.29 is 9.90 Å². The van der Waals surface area contributed by atoms with Gasteiger partial charge in [0.15, 0.2) is 0 Å². The molecule has 4 heteroatoms. The fourth-order valence-corrected chi connectivity index (χ4v) is 1.76. The topological polar surface area (TPSA) is 49.3 Å². The fraction of sp³-hybridized carbons (Fsp3) is 0.222. The average Bonchev–Trinajstić information content (AvgIpc) is 2.57. The SMILES string of the molecule is C=CCNC(C(=O)O)c1cccs1. The molecule has 1 rings (SSSR count). The third kappa shape index (κ3) is 2.68. The molecule has 0 amide bonds. The summed E-state index contributed by atoms with van der Waals surface area (Å²) in [6.45, 7) is 4.02. The van der Waals surface area contributed by atoms with Crippen molar-refractivity contribution in [2.75, 3.05) is 6.54 Å². The molecular formula is C9H11NO2S. The maximum atomic E-state index is 10.8. The highest BCUT2D eigenvalue weighted by molar-refractivity contribution is 7.10. The van der Waals surface area contributed by atoms with Gasteiger partial charge in [-0.2, -0.15) is 0 Å². The minimum absolute atomic E-state index is 0.495. The maximum Gasteiger partial charge on any atom is 0.326 e. The second kappa shape index (κ2) is 4.79. The van der Waals surface area contributed by atoms with Gasteiger partial charge in [-0.25, -0.2) is 0 Å². The molecular weight excluding hydrogens is 186 g/mol. The van der Waals surface area contributed by atoms with Gasteiger partial charge in [0.05, 0.1) is 0 Å². The molecule has 70 valence electrons. The van der Waals surface area contributed by atoms with Crippen LogP contribution in [0.5, 0.6) is 0 Å². The molecule has 1 aromatic rings.